The Kier molecular flexibility index (Phi) is 7.51. The molecule has 0 aromatic heterocycles. The average molecular weight is 250 g/mol. The second-order valence-electron chi connectivity index (χ2n) is 5.56. The first-order chi connectivity index (χ1) is 6.87. The van der Waals surface area contributed by atoms with Gasteiger partial charge in [0.25, 0.3) is 0 Å². The van der Waals surface area contributed by atoms with Crippen LogP contribution in [0.3, 0.4) is 0 Å². The zero-order valence-corrected chi connectivity index (χ0v) is 12.8. The van der Waals surface area contributed by atoms with E-state index in [2.05, 4.69) is 0 Å². The molecule has 3 nitrogen and oxygen atoms in total. The zero-order chi connectivity index (χ0) is 13.6. The molecule has 0 spiro atoms. The van der Waals surface area contributed by atoms with Crippen LogP contribution in [0.5, 0.6) is 0 Å². The summed E-state index contributed by atoms with van der Waals surface area (Å²) in [5.74, 6) is 0. The molecule has 0 aromatic carbocycles. The maximum absolute atomic E-state index is 11.6. The highest BCUT2D eigenvalue weighted by Crippen LogP contribution is 2.57. The molecule has 0 rings (SSSR count). The molecular weight excluding hydrogens is 223 g/mol. The molecule has 0 bridgehead atoms. The van der Waals surface area contributed by atoms with Crippen molar-refractivity contribution in [2.24, 2.45) is 0 Å². The van der Waals surface area contributed by atoms with E-state index in [4.69, 9.17) is 4.52 Å². The molecule has 0 fully saturated rings. The largest absolute Gasteiger partial charge is 0.333 e. The smallest absolute Gasteiger partial charge is 0.324 e. The van der Waals surface area contributed by atoms with E-state index < -0.39 is 18.4 Å². The molecule has 1 atom stereocenters. The van der Waals surface area contributed by atoms with Crippen molar-refractivity contribution < 1.29 is 14.0 Å². The lowest BCUT2D eigenvalue weighted by Gasteiger charge is -2.31. The Balaban J connectivity index is 0. The van der Waals surface area contributed by atoms with Gasteiger partial charge in [-0.15, -0.1) is 0 Å². The molecule has 0 aliphatic heterocycles. The van der Waals surface area contributed by atoms with Crippen molar-refractivity contribution in [3.05, 3.63) is 12.2 Å². The van der Waals surface area contributed by atoms with Gasteiger partial charge in [-0.2, -0.15) is 0 Å². The van der Waals surface area contributed by atoms with Gasteiger partial charge in [0.15, 0.2) is 0 Å². The second kappa shape index (κ2) is 6.58. The minimum atomic E-state index is -3.50. The van der Waals surface area contributed by atoms with Crippen LogP contribution >= 0.6 is 7.60 Å². The van der Waals surface area contributed by atoms with Crippen LogP contribution in [0.2, 0.25) is 0 Å². The van der Waals surface area contributed by atoms with Crippen molar-refractivity contribution in [2.75, 3.05) is 0 Å². The quantitative estimate of drug-likeness (QED) is 0.555. The maximum Gasteiger partial charge on any atom is 0.333 e. The summed E-state index contributed by atoms with van der Waals surface area (Å²) >= 11 is 0. The highest BCUT2D eigenvalue weighted by Gasteiger charge is 2.39. The minimum Gasteiger partial charge on any atom is -0.324 e. The summed E-state index contributed by atoms with van der Waals surface area (Å²) in [6.45, 7) is 14.4. The van der Waals surface area contributed by atoms with Gasteiger partial charge in [-0.05, 0) is 55.4 Å². The third kappa shape index (κ3) is 9.14. The third-order valence-corrected chi connectivity index (χ3v) is 4.07. The lowest BCUT2D eigenvalue weighted by atomic mass is 10.2. The molecule has 1 unspecified atom stereocenters. The summed E-state index contributed by atoms with van der Waals surface area (Å²) in [6.07, 6.45) is 4.00. The summed E-state index contributed by atoms with van der Waals surface area (Å²) in [5, 5.41) is -0.708. The van der Waals surface area contributed by atoms with Crippen molar-refractivity contribution in [1.29, 1.82) is 0 Å². The van der Waals surface area contributed by atoms with E-state index in [-0.39, 0.29) is 0 Å². The molecule has 0 amide bonds. The SMILES string of the molecule is CC(C)(C)OP(=O)(O)C(C)(C)C.CC=CC. The van der Waals surface area contributed by atoms with Crippen molar-refractivity contribution in [3.63, 3.8) is 0 Å². The van der Waals surface area contributed by atoms with Crippen LogP contribution in [0.25, 0.3) is 0 Å². The van der Waals surface area contributed by atoms with Gasteiger partial charge in [-0.3, -0.25) is 4.57 Å². The summed E-state index contributed by atoms with van der Waals surface area (Å²) in [6, 6.07) is 0. The normalized spacial score (nSPS) is 16.6. The number of hydrogen-bond acceptors (Lipinski definition) is 2. The van der Waals surface area contributed by atoms with E-state index in [9.17, 15) is 9.46 Å². The summed E-state index contributed by atoms with van der Waals surface area (Å²) in [7, 11) is -3.50. The average Bonchev–Trinajstić information content (AvgIpc) is 1.98. The molecule has 0 aromatic rings. The van der Waals surface area contributed by atoms with Crippen LogP contribution in [-0.2, 0) is 9.09 Å². The molecule has 1 N–H and O–H groups in total. The summed E-state index contributed by atoms with van der Waals surface area (Å²) in [5.41, 5.74) is -0.572. The van der Waals surface area contributed by atoms with Crippen LogP contribution < -0.4 is 0 Å². The fourth-order valence-electron chi connectivity index (χ4n) is 0.508. The van der Waals surface area contributed by atoms with E-state index in [1.165, 1.54) is 0 Å². The maximum atomic E-state index is 11.6. The molecule has 16 heavy (non-hydrogen) atoms. The van der Waals surface area contributed by atoms with Crippen LogP contribution in [0.4, 0.5) is 0 Å². The number of rotatable bonds is 1. The molecule has 0 heterocycles. The molecule has 0 saturated carbocycles. The first kappa shape index (κ1) is 18.3. The van der Waals surface area contributed by atoms with Gasteiger partial charge in [-0.25, -0.2) is 0 Å². The highest BCUT2D eigenvalue weighted by molar-refractivity contribution is 7.54. The minimum absolute atomic E-state index is 0.572. The molecule has 0 radical (unpaired) electrons. The number of allylic oxidation sites excluding steroid dienone is 2. The van der Waals surface area contributed by atoms with Crippen molar-refractivity contribution in [2.45, 2.75) is 66.1 Å². The van der Waals surface area contributed by atoms with Gasteiger partial charge in [-0.1, -0.05) is 12.2 Å². The van der Waals surface area contributed by atoms with E-state index >= 15 is 0 Å². The van der Waals surface area contributed by atoms with Gasteiger partial charge in [0, 0.05) is 0 Å². The molecular formula is C12H27O3P. The highest BCUT2D eigenvalue weighted by atomic mass is 31.2. The third-order valence-electron chi connectivity index (χ3n) is 1.58. The molecule has 0 aliphatic rings. The molecule has 0 aliphatic carbocycles. The first-order valence-corrected chi connectivity index (χ1v) is 7.06. The Hall–Kier alpha value is -0.110. The lowest BCUT2D eigenvalue weighted by molar-refractivity contribution is 0.103. The zero-order valence-electron chi connectivity index (χ0n) is 11.9. The van der Waals surface area contributed by atoms with E-state index in [0.29, 0.717) is 0 Å². The Morgan fingerprint density at radius 3 is 1.38 bits per heavy atom. The standard InChI is InChI=1S/C8H19O3P.C4H8/c1-7(2,3)11-12(9,10)8(4,5)6;1-3-4-2/h1-6H3,(H,9,10);3-4H,1-2H3. The summed E-state index contributed by atoms with van der Waals surface area (Å²) in [4.78, 5) is 9.52. The Bertz CT molecular complexity index is 252. The number of hydrogen-bond donors (Lipinski definition) is 1. The van der Waals surface area contributed by atoms with E-state index in [1.807, 2.05) is 26.0 Å². The second-order valence-corrected chi connectivity index (χ2v) is 8.13. The van der Waals surface area contributed by atoms with Crippen LogP contribution in [-0.4, -0.2) is 15.7 Å². The monoisotopic (exact) mass is 250 g/mol. The van der Waals surface area contributed by atoms with Gasteiger partial charge >= 0.3 is 7.60 Å². The van der Waals surface area contributed by atoms with Crippen molar-refractivity contribution in [3.8, 4) is 0 Å². The first-order valence-electron chi connectivity index (χ1n) is 5.48. The predicted octanol–water partition coefficient (Wildman–Crippen LogP) is 4.37. The topological polar surface area (TPSA) is 46.5 Å². The summed E-state index contributed by atoms with van der Waals surface area (Å²) < 4.78 is 16.7. The molecule has 0 saturated heterocycles. The Morgan fingerprint density at radius 2 is 1.31 bits per heavy atom. The Morgan fingerprint density at radius 1 is 1.00 bits per heavy atom. The molecule has 4 heteroatoms. The Labute approximate surface area is 100 Å². The van der Waals surface area contributed by atoms with Crippen LogP contribution in [0, 0.1) is 0 Å². The fourth-order valence-corrected chi connectivity index (χ4v) is 1.52. The van der Waals surface area contributed by atoms with Gasteiger partial charge in [0.2, 0.25) is 0 Å². The van der Waals surface area contributed by atoms with E-state index in [0.717, 1.165) is 0 Å². The van der Waals surface area contributed by atoms with E-state index in [1.54, 1.807) is 41.5 Å². The van der Waals surface area contributed by atoms with Gasteiger partial charge in [0.1, 0.15) is 0 Å². The fraction of sp³-hybridized carbons (Fsp3) is 0.833. The van der Waals surface area contributed by atoms with Crippen molar-refractivity contribution >= 4 is 7.60 Å². The predicted molar refractivity (Wildman–Crippen MR) is 70.9 cm³/mol. The van der Waals surface area contributed by atoms with Gasteiger partial charge in [0.05, 0.1) is 10.8 Å². The molecule has 98 valence electrons. The van der Waals surface area contributed by atoms with Crippen molar-refractivity contribution in [1.82, 2.24) is 0 Å². The van der Waals surface area contributed by atoms with Crippen LogP contribution in [0.1, 0.15) is 55.4 Å². The lowest BCUT2D eigenvalue weighted by Crippen LogP contribution is -2.25. The van der Waals surface area contributed by atoms with Gasteiger partial charge < -0.3 is 9.42 Å². The van der Waals surface area contributed by atoms with Crippen LogP contribution in [0.15, 0.2) is 12.2 Å².